The van der Waals surface area contributed by atoms with Crippen molar-refractivity contribution in [1.29, 1.82) is 0 Å². The normalized spacial score (nSPS) is 16.6. The number of ketones is 1. The number of benzene rings is 3. The maximum Gasteiger partial charge on any atom is 0.243 e. The third-order valence-corrected chi connectivity index (χ3v) is 8.00. The number of nitrogens with two attached hydrogens (primary N) is 1. The number of nitrogens with zero attached hydrogens (tertiary/aromatic N) is 1. The van der Waals surface area contributed by atoms with E-state index in [0.29, 0.717) is 19.4 Å². The van der Waals surface area contributed by atoms with E-state index in [1.807, 2.05) is 74.5 Å². The number of phenols is 1. The van der Waals surface area contributed by atoms with Crippen LogP contribution in [0.15, 0.2) is 84.9 Å². The molecule has 1 heterocycles. The average Bonchev–Trinajstić information content (AvgIpc) is 3.51. The standard InChI is InChI=1S/C35H42N4O5/c1-23(2)32(31(41)22-25-12-7-4-8-13-25)38-33(42)29(21-24-10-5-3-6-11-24)37-34(43)30-14-9-19-39(30)35(44)28(36)20-26-15-17-27(40)18-16-26/h3-8,10-13,15-18,23,28-30,32,40H,9,14,19-22,36H2,1-2H3,(H,37,43)(H,38,42)/t28-,29-,30-,32+/m0/s1. The number of hydrogen-bond donors (Lipinski definition) is 4. The van der Waals surface area contributed by atoms with Crippen molar-refractivity contribution < 1.29 is 24.3 Å². The first-order chi connectivity index (χ1) is 21.1. The summed E-state index contributed by atoms with van der Waals surface area (Å²) in [6.45, 7) is 4.14. The topological polar surface area (TPSA) is 142 Å². The second-order valence-corrected chi connectivity index (χ2v) is 11.8. The van der Waals surface area contributed by atoms with Crippen LogP contribution in [-0.4, -0.2) is 64.2 Å². The van der Waals surface area contributed by atoms with Crippen LogP contribution in [0.1, 0.15) is 43.4 Å². The Labute approximate surface area is 258 Å². The molecular weight excluding hydrogens is 556 g/mol. The van der Waals surface area contributed by atoms with E-state index >= 15 is 0 Å². The van der Waals surface area contributed by atoms with E-state index in [9.17, 15) is 24.3 Å². The van der Waals surface area contributed by atoms with Gasteiger partial charge in [-0.1, -0.05) is 86.6 Å². The monoisotopic (exact) mass is 598 g/mol. The first-order valence-electron chi connectivity index (χ1n) is 15.2. The van der Waals surface area contributed by atoms with Crippen molar-refractivity contribution in [3.8, 4) is 5.75 Å². The van der Waals surface area contributed by atoms with Crippen molar-refractivity contribution in [2.24, 2.45) is 11.7 Å². The van der Waals surface area contributed by atoms with E-state index in [0.717, 1.165) is 16.7 Å². The fourth-order valence-electron chi connectivity index (χ4n) is 5.60. The van der Waals surface area contributed by atoms with Gasteiger partial charge in [0.05, 0.1) is 12.1 Å². The van der Waals surface area contributed by atoms with Crippen molar-refractivity contribution in [2.75, 3.05) is 6.54 Å². The molecule has 1 aliphatic rings. The molecular formula is C35H42N4O5. The molecule has 44 heavy (non-hydrogen) atoms. The van der Waals surface area contributed by atoms with Crippen LogP contribution in [0.3, 0.4) is 0 Å². The van der Waals surface area contributed by atoms with Gasteiger partial charge in [-0.3, -0.25) is 19.2 Å². The highest BCUT2D eigenvalue weighted by atomic mass is 16.3. The number of phenolic OH excluding ortho intramolecular Hbond substituents is 1. The number of carbonyl (C=O) groups is 4. The van der Waals surface area contributed by atoms with Crippen LogP contribution in [0.4, 0.5) is 0 Å². The Kier molecular flexibility index (Phi) is 11.3. The van der Waals surface area contributed by atoms with E-state index in [-0.39, 0.29) is 42.6 Å². The third kappa shape index (κ3) is 8.76. The molecule has 1 saturated heterocycles. The van der Waals surface area contributed by atoms with Crippen molar-refractivity contribution in [3.05, 3.63) is 102 Å². The van der Waals surface area contributed by atoms with Gasteiger partial charge in [0.2, 0.25) is 17.7 Å². The molecule has 0 aliphatic carbocycles. The molecule has 3 amide bonds. The van der Waals surface area contributed by atoms with Gasteiger partial charge in [-0.25, -0.2) is 0 Å². The molecule has 0 saturated carbocycles. The number of carbonyl (C=O) groups excluding carboxylic acids is 4. The zero-order valence-electron chi connectivity index (χ0n) is 25.3. The van der Waals surface area contributed by atoms with E-state index < -0.39 is 36.0 Å². The Bertz CT molecular complexity index is 1410. The van der Waals surface area contributed by atoms with Gasteiger partial charge in [-0.2, -0.15) is 0 Å². The zero-order valence-corrected chi connectivity index (χ0v) is 25.3. The summed E-state index contributed by atoms with van der Waals surface area (Å²) in [7, 11) is 0. The Morgan fingerprint density at radius 1 is 0.841 bits per heavy atom. The Morgan fingerprint density at radius 3 is 2.05 bits per heavy atom. The van der Waals surface area contributed by atoms with Crippen LogP contribution < -0.4 is 16.4 Å². The zero-order chi connectivity index (χ0) is 31.6. The van der Waals surface area contributed by atoms with Gasteiger partial charge in [0.15, 0.2) is 5.78 Å². The average molecular weight is 599 g/mol. The minimum absolute atomic E-state index is 0.112. The predicted molar refractivity (Wildman–Crippen MR) is 169 cm³/mol. The van der Waals surface area contributed by atoms with E-state index in [1.54, 1.807) is 12.1 Å². The van der Waals surface area contributed by atoms with Crippen LogP contribution >= 0.6 is 0 Å². The number of aromatic hydroxyl groups is 1. The quantitative estimate of drug-likeness (QED) is 0.238. The smallest absolute Gasteiger partial charge is 0.243 e. The highest BCUT2D eigenvalue weighted by Crippen LogP contribution is 2.20. The van der Waals surface area contributed by atoms with Crippen molar-refractivity contribution in [1.82, 2.24) is 15.5 Å². The van der Waals surface area contributed by atoms with Gasteiger partial charge >= 0.3 is 0 Å². The molecule has 9 heteroatoms. The summed E-state index contributed by atoms with van der Waals surface area (Å²) in [5.41, 5.74) is 8.77. The molecule has 232 valence electrons. The molecule has 0 aromatic heterocycles. The molecule has 3 aromatic carbocycles. The van der Waals surface area contributed by atoms with Crippen LogP contribution in [0, 0.1) is 5.92 Å². The summed E-state index contributed by atoms with van der Waals surface area (Å²) in [4.78, 5) is 55.5. The van der Waals surface area contributed by atoms with Crippen molar-refractivity contribution in [2.45, 2.75) is 70.1 Å². The lowest BCUT2D eigenvalue weighted by Gasteiger charge is -2.29. The lowest BCUT2D eigenvalue weighted by molar-refractivity contribution is -0.140. The molecule has 3 aromatic rings. The van der Waals surface area contributed by atoms with Gasteiger partial charge in [-0.05, 0) is 54.0 Å². The molecule has 0 spiro atoms. The Morgan fingerprint density at radius 2 is 1.43 bits per heavy atom. The molecule has 9 nitrogen and oxygen atoms in total. The fraction of sp³-hybridized carbons (Fsp3) is 0.371. The molecule has 0 unspecified atom stereocenters. The van der Waals surface area contributed by atoms with E-state index in [4.69, 9.17) is 5.73 Å². The number of Topliss-reactive ketones (excluding diaryl/α,β-unsaturated/α-hetero) is 1. The van der Waals surface area contributed by atoms with Gasteiger partial charge in [-0.15, -0.1) is 0 Å². The highest BCUT2D eigenvalue weighted by molar-refractivity contribution is 5.96. The number of rotatable bonds is 13. The van der Waals surface area contributed by atoms with Crippen molar-refractivity contribution >= 4 is 23.5 Å². The Balaban J connectivity index is 1.47. The third-order valence-electron chi connectivity index (χ3n) is 8.00. The van der Waals surface area contributed by atoms with Crippen LogP contribution in [0.25, 0.3) is 0 Å². The van der Waals surface area contributed by atoms with Crippen LogP contribution in [0.2, 0.25) is 0 Å². The van der Waals surface area contributed by atoms with Crippen molar-refractivity contribution in [3.63, 3.8) is 0 Å². The number of amides is 3. The van der Waals surface area contributed by atoms with E-state index in [1.165, 1.54) is 17.0 Å². The number of likely N-dealkylation sites (tertiary alicyclic amines) is 1. The number of nitrogens with one attached hydrogen (secondary N) is 2. The minimum atomic E-state index is -0.959. The second kappa shape index (κ2) is 15.3. The second-order valence-electron chi connectivity index (χ2n) is 11.8. The maximum atomic E-state index is 13.7. The summed E-state index contributed by atoms with van der Waals surface area (Å²) in [5.74, 6) is -1.38. The summed E-state index contributed by atoms with van der Waals surface area (Å²) >= 11 is 0. The highest BCUT2D eigenvalue weighted by Gasteiger charge is 2.38. The molecule has 5 N–H and O–H groups in total. The molecule has 1 fully saturated rings. The first kappa shape index (κ1) is 32.4. The van der Waals surface area contributed by atoms with Gasteiger partial charge < -0.3 is 26.4 Å². The minimum Gasteiger partial charge on any atom is -0.508 e. The predicted octanol–water partition coefficient (Wildman–Crippen LogP) is 2.93. The van der Waals surface area contributed by atoms with Crippen LogP contribution in [0.5, 0.6) is 5.75 Å². The summed E-state index contributed by atoms with van der Waals surface area (Å²) in [6, 6.07) is 21.9. The largest absolute Gasteiger partial charge is 0.508 e. The lowest BCUT2D eigenvalue weighted by Crippen LogP contribution is -2.58. The summed E-state index contributed by atoms with van der Waals surface area (Å²) < 4.78 is 0. The number of hydrogen-bond acceptors (Lipinski definition) is 6. The first-order valence-corrected chi connectivity index (χ1v) is 15.2. The molecule has 4 rings (SSSR count). The Hall–Kier alpha value is -4.50. The van der Waals surface area contributed by atoms with E-state index in [2.05, 4.69) is 10.6 Å². The SMILES string of the molecule is CC(C)[C@@H](NC(=O)[C@H](Cc1ccccc1)NC(=O)[C@@H]1CCCN1C(=O)[C@@H](N)Cc1ccc(O)cc1)C(=O)Cc1ccccc1. The lowest BCUT2D eigenvalue weighted by atomic mass is 9.94. The molecule has 0 radical (unpaired) electrons. The summed E-state index contributed by atoms with van der Waals surface area (Å²) in [5, 5.41) is 15.3. The van der Waals surface area contributed by atoms with Gasteiger partial charge in [0.25, 0.3) is 0 Å². The molecule has 4 atom stereocenters. The van der Waals surface area contributed by atoms with Gasteiger partial charge in [0.1, 0.15) is 17.8 Å². The van der Waals surface area contributed by atoms with Gasteiger partial charge in [0, 0.05) is 19.4 Å². The molecule has 1 aliphatic heterocycles. The maximum absolute atomic E-state index is 13.7. The summed E-state index contributed by atoms with van der Waals surface area (Å²) in [6.07, 6.45) is 1.75. The van der Waals surface area contributed by atoms with Crippen LogP contribution in [-0.2, 0) is 38.4 Å². The fourth-order valence-corrected chi connectivity index (χ4v) is 5.60. The molecule has 0 bridgehead atoms.